The number of amides is 2. The number of hydrogen-bond acceptors (Lipinski definition) is 5. The van der Waals surface area contributed by atoms with E-state index in [1.54, 1.807) is 42.3 Å². The van der Waals surface area contributed by atoms with Crippen molar-refractivity contribution in [2.24, 2.45) is 0 Å². The number of aryl methyl sites for hydroxylation is 1. The lowest BCUT2D eigenvalue weighted by Gasteiger charge is -2.17. The average molecular weight is 389 g/mol. The van der Waals surface area contributed by atoms with Crippen LogP contribution in [-0.2, 0) is 11.3 Å². The first-order valence-corrected chi connectivity index (χ1v) is 9.20. The van der Waals surface area contributed by atoms with Crippen LogP contribution in [0.4, 0.5) is 17.3 Å². The van der Waals surface area contributed by atoms with Crippen molar-refractivity contribution in [2.75, 3.05) is 17.7 Å². The van der Waals surface area contributed by atoms with Crippen LogP contribution in [0.25, 0.3) is 0 Å². The summed E-state index contributed by atoms with van der Waals surface area (Å²) in [4.78, 5) is 34.3. The number of hydrogen-bond donors (Lipinski definition) is 2. The molecule has 0 fully saturated rings. The van der Waals surface area contributed by atoms with Crippen LogP contribution in [0.2, 0.25) is 0 Å². The molecule has 0 bridgehead atoms. The summed E-state index contributed by atoms with van der Waals surface area (Å²) in [5, 5.41) is 5.82. The molecule has 0 saturated carbocycles. The first kappa shape index (κ1) is 20.0. The summed E-state index contributed by atoms with van der Waals surface area (Å²) >= 11 is 0. The van der Waals surface area contributed by atoms with Crippen molar-refractivity contribution < 1.29 is 9.59 Å². The molecule has 148 valence electrons. The van der Waals surface area contributed by atoms with Gasteiger partial charge in [-0.15, -0.1) is 0 Å². The second kappa shape index (κ2) is 8.97. The van der Waals surface area contributed by atoms with E-state index in [-0.39, 0.29) is 11.8 Å². The summed E-state index contributed by atoms with van der Waals surface area (Å²) in [6.45, 7) is 3.77. The summed E-state index contributed by atoms with van der Waals surface area (Å²) in [6, 6.07) is 18.6. The van der Waals surface area contributed by atoms with Crippen LogP contribution in [-0.4, -0.2) is 33.7 Å². The second-order valence-corrected chi connectivity index (χ2v) is 6.75. The van der Waals surface area contributed by atoms with Gasteiger partial charge in [0.2, 0.25) is 11.9 Å². The molecule has 1 aromatic heterocycles. The van der Waals surface area contributed by atoms with Crippen molar-refractivity contribution in [3.8, 4) is 0 Å². The number of carbonyl (C=O) groups excluding carboxylic acids is 2. The number of nitrogens with zero attached hydrogens (tertiary/aromatic N) is 3. The maximum atomic E-state index is 12.8. The number of nitrogens with one attached hydrogen (secondary N) is 2. The van der Waals surface area contributed by atoms with E-state index < -0.39 is 0 Å². The minimum Gasteiger partial charge on any atom is -0.336 e. The largest absolute Gasteiger partial charge is 0.336 e. The molecule has 0 unspecified atom stereocenters. The number of anilines is 3. The number of carbonyl (C=O) groups is 2. The highest BCUT2D eigenvalue weighted by Gasteiger charge is 2.16. The van der Waals surface area contributed by atoms with Gasteiger partial charge in [-0.2, -0.15) is 0 Å². The fraction of sp³-hybridized carbons (Fsp3) is 0.182. The molecule has 0 saturated heterocycles. The zero-order valence-corrected chi connectivity index (χ0v) is 16.6. The van der Waals surface area contributed by atoms with E-state index in [0.29, 0.717) is 29.6 Å². The molecular formula is C22H23N5O2. The average Bonchev–Trinajstić information content (AvgIpc) is 2.69. The molecule has 7 heteroatoms. The van der Waals surface area contributed by atoms with Gasteiger partial charge in [0, 0.05) is 37.6 Å². The summed E-state index contributed by atoms with van der Waals surface area (Å²) in [5.41, 5.74) is 3.52. The van der Waals surface area contributed by atoms with Crippen LogP contribution in [0.1, 0.15) is 28.7 Å². The van der Waals surface area contributed by atoms with Crippen molar-refractivity contribution in [3.05, 3.63) is 77.6 Å². The highest BCUT2D eigenvalue weighted by Crippen LogP contribution is 2.18. The Balaban J connectivity index is 1.73. The zero-order chi connectivity index (χ0) is 20.8. The van der Waals surface area contributed by atoms with Crippen LogP contribution in [0.5, 0.6) is 0 Å². The summed E-state index contributed by atoms with van der Waals surface area (Å²) in [7, 11) is 1.75. The summed E-state index contributed by atoms with van der Waals surface area (Å²) in [6.07, 6.45) is 0. The molecule has 0 aliphatic rings. The molecule has 0 aliphatic heterocycles. The Morgan fingerprint density at radius 2 is 1.62 bits per heavy atom. The summed E-state index contributed by atoms with van der Waals surface area (Å²) < 4.78 is 0. The molecule has 3 aromatic rings. The third-order valence-corrected chi connectivity index (χ3v) is 4.14. The molecular weight excluding hydrogens is 366 g/mol. The Morgan fingerprint density at radius 3 is 2.28 bits per heavy atom. The van der Waals surface area contributed by atoms with Gasteiger partial charge < -0.3 is 15.5 Å². The van der Waals surface area contributed by atoms with Crippen LogP contribution in [0, 0.1) is 6.92 Å². The normalized spacial score (nSPS) is 10.3. The van der Waals surface area contributed by atoms with Crippen molar-refractivity contribution in [1.29, 1.82) is 0 Å². The Morgan fingerprint density at radius 1 is 0.966 bits per heavy atom. The van der Waals surface area contributed by atoms with E-state index in [9.17, 15) is 9.59 Å². The van der Waals surface area contributed by atoms with Gasteiger partial charge in [0.25, 0.3) is 5.91 Å². The Hall–Kier alpha value is -3.74. The van der Waals surface area contributed by atoms with E-state index in [1.807, 2.05) is 37.3 Å². The first-order chi connectivity index (χ1) is 13.9. The lowest BCUT2D eigenvalue weighted by atomic mass is 10.2. The molecule has 2 amide bonds. The summed E-state index contributed by atoms with van der Waals surface area (Å²) in [5.74, 6) is 0.0349. The van der Waals surface area contributed by atoms with Crippen LogP contribution in [0.3, 0.4) is 0 Å². The third-order valence-electron chi connectivity index (χ3n) is 4.14. The maximum Gasteiger partial charge on any atom is 0.272 e. The molecule has 0 radical (unpaired) electrons. The third kappa shape index (κ3) is 5.62. The van der Waals surface area contributed by atoms with E-state index >= 15 is 0 Å². The molecule has 29 heavy (non-hydrogen) atoms. The number of aromatic nitrogens is 2. The van der Waals surface area contributed by atoms with Gasteiger partial charge >= 0.3 is 0 Å². The first-order valence-electron chi connectivity index (χ1n) is 9.20. The van der Waals surface area contributed by atoms with E-state index in [0.717, 1.165) is 11.3 Å². The highest BCUT2D eigenvalue weighted by atomic mass is 16.2. The lowest BCUT2D eigenvalue weighted by Crippen LogP contribution is -2.27. The van der Waals surface area contributed by atoms with Crippen molar-refractivity contribution in [1.82, 2.24) is 14.9 Å². The highest BCUT2D eigenvalue weighted by molar-refractivity contribution is 5.92. The second-order valence-electron chi connectivity index (χ2n) is 6.75. The van der Waals surface area contributed by atoms with Crippen molar-refractivity contribution in [2.45, 2.75) is 20.4 Å². The van der Waals surface area contributed by atoms with Gasteiger partial charge in [-0.3, -0.25) is 9.59 Å². The molecule has 1 heterocycles. The Labute approximate surface area is 169 Å². The molecule has 7 nitrogen and oxygen atoms in total. The van der Waals surface area contributed by atoms with Gasteiger partial charge in [-0.1, -0.05) is 30.3 Å². The van der Waals surface area contributed by atoms with Gasteiger partial charge in [-0.05, 0) is 42.8 Å². The molecule has 0 atom stereocenters. The molecule has 0 spiro atoms. The van der Waals surface area contributed by atoms with Crippen molar-refractivity contribution >= 4 is 29.1 Å². The van der Waals surface area contributed by atoms with Gasteiger partial charge in [0.1, 0.15) is 5.69 Å². The fourth-order valence-electron chi connectivity index (χ4n) is 2.83. The standard InChI is InChI=1S/C22H23N5O2/c1-15-13-20(21(29)27(3)14-17-7-5-4-6-8-17)26-22(23-15)25-19-11-9-18(10-12-19)24-16(2)28/h4-13H,14H2,1-3H3,(H,24,28)(H,23,25,26). The lowest BCUT2D eigenvalue weighted by molar-refractivity contribution is -0.114. The molecule has 3 rings (SSSR count). The molecule has 0 aliphatic carbocycles. The molecule has 2 N–H and O–H groups in total. The fourth-order valence-corrected chi connectivity index (χ4v) is 2.83. The minimum absolute atomic E-state index is 0.129. The van der Waals surface area contributed by atoms with Gasteiger partial charge in [-0.25, -0.2) is 9.97 Å². The van der Waals surface area contributed by atoms with Crippen LogP contribution >= 0.6 is 0 Å². The number of benzene rings is 2. The molecule has 2 aromatic carbocycles. The zero-order valence-electron chi connectivity index (χ0n) is 16.6. The predicted molar refractivity (Wildman–Crippen MR) is 113 cm³/mol. The van der Waals surface area contributed by atoms with Gasteiger partial charge in [0.05, 0.1) is 0 Å². The van der Waals surface area contributed by atoms with Gasteiger partial charge in [0.15, 0.2) is 0 Å². The maximum absolute atomic E-state index is 12.8. The topological polar surface area (TPSA) is 87.2 Å². The van der Waals surface area contributed by atoms with Crippen LogP contribution < -0.4 is 10.6 Å². The Bertz CT molecular complexity index is 1000. The predicted octanol–water partition coefficient (Wildman–Crippen LogP) is 3.76. The smallest absolute Gasteiger partial charge is 0.272 e. The van der Waals surface area contributed by atoms with E-state index in [1.165, 1.54) is 6.92 Å². The SMILES string of the molecule is CC(=O)Nc1ccc(Nc2nc(C)cc(C(=O)N(C)Cc3ccccc3)n2)cc1. The van der Waals surface area contributed by atoms with Crippen LogP contribution in [0.15, 0.2) is 60.7 Å². The number of rotatable bonds is 6. The Kier molecular flexibility index (Phi) is 6.19. The quantitative estimate of drug-likeness (QED) is 0.670. The van der Waals surface area contributed by atoms with Crippen molar-refractivity contribution in [3.63, 3.8) is 0 Å². The van der Waals surface area contributed by atoms with E-state index in [4.69, 9.17) is 0 Å². The monoisotopic (exact) mass is 389 g/mol. The minimum atomic E-state index is -0.177. The van der Waals surface area contributed by atoms with E-state index in [2.05, 4.69) is 20.6 Å².